The van der Waals surface area contributed by atoms with Gasteiger partial charge in [0.15, 0.2) is 0 Å². The minimum atomic E-state index is -0.617. The van der Waals surface area contributed by atoms with E-state index in [1.807, 2.05) is 0 Å². The fraction of sp³-hybridized carbons (Fsp3) is 0.200. The van der Waals surface area contributed by atoms with Crippen LogP contribution in [0.2, 0.25) is 0 Å². The first kappa shape index (κ1) is 11.8. The van der Waals surface area contributed by atoms with Crippen molar-refractivity contribution >= 4 is 17.6 Å². The van der Waals surface area contributed by atoms with Crippen molar-refractivity contribution in [3.63, 3.8) is 0 Å². The quantitative estimate of drug-likeness (QED) is 0.413. The number of nitrogens with two attached hydrogens (primary N) is 2. The lowest BCUT2D eigenvalue weighted by Gasteiger charge is -2.07. The molecule has 0 atom stereocenters. The molecule has 1 rings (SSSR count). The maximum atomic E-state index is 11.6. The SMILES string of the molecule is NC(=O)NCCNC(=O)c1ccccc1N. The second-order valence-corrected chi connectivity index (χ2v) is 3.13. The van der Waals surface area contributed by atoms with Crippen LogP contribution in [0.1, 0.15) is 10.4 Å². The molecule has 0 fully saturated rings. The number of benzene rings is 1. The molecule has 0 saturated heterocycles. The second kappa shape index (κ2) is 5.59. The molecular formula is C10H14N4O2. The van der Waals surface area contributed by atoms with Crippen LogP contribution in [0.25, 0.3) is 0 Å². The zero-order chi connectivity index (χ0) is 12.0. The molecule has 0 aliphatic heterocycles. The Kier molecular flexibility index (Phi) is 4.14. The van der Waals surface area contributed by atoms with Gasteiger partial charge in [-0.05, 0) is 12.1 Å². The first-order valence-corrected chi connectivity index (χ1v) is 4.77. The van der Waals surface area contributed by atoms with Gasteiger partial charge >= 0.3 is 6.03 Å². The van der Waals surface area contributed by atoms with Gasteiger partial charge in [0.2, 0.25) is 0 Å². The summed E-state index contributed by atoms with van der Waals surface area (Å²) in [5.74, 6) is -0.274. The average Bonchev–Trinajstić information content (AvgIpc) is 2.24. The topological polar surface area (TPSA) is 110 Å². The molecule has 3 amide bonds. The highest BCUT2D eigenvalue weighted by atomic mass is 16.2. The smallest absolute Gasteiger partial charge is 0.312 e. The highest BCUT2D eigenvalue weighted by Gasteiger charge is 2.07. The maximum Gasteiger partial charge on any atom is 0.312 e. The Hall–Kier alpha value is -2.24. The van der Waals surface area contributed by atoms with E-state index in [9.17, 15) is 9.59 Å². The Labute approximate surface area is 93.0 Å². The Morgan fingerprint density at radius 2 is 1.75 bits per heavy atom. The molecule has 0 aromatic heterocycles. The lowest BCUT2D eigenvalue weighted by molar-refractivity contribution is 0.0955. The molecule has 0 saturated carbocycles. The van der Waals surface area contributed by atoms with Crippen LogP contribution in [0.4, 0.5) is 10.5 Å². The summed E-state index contributed by atoms with van der Waals surface area (Å²) >= 11 is 0. The largest absolute Gasteiger partial charge is 0.398 e. The average molecular weight is 222 g/mol. The Morgan fingerprint density at radius 3 is 2.38 bits per heavy atom. The van der Waals surface area contributed by atoms with Crippen molar-refractivity contribution in [2.45, 2.75) is 0 Å². The molecular weight excluding hydrogens is 208 g/mol. The summed E-state index contributed by atoms with van der Waals surface area (Å²) in [6.07, 6.45) is 0. The molecule has 0 aliphatic rings. The van der Waals surface area contributed by atoms with E-state index in [1.165, 1.54) is 0 Å². The molecule has 1 aromatic carbocycles. The summed E-state index contributed by atoms with van der Waals surface area (Å²) in [5, 5.41) is 4.97. The molecule has 0 heterocycles. The van der Waals surface area contributed by atoms with Gasteiger partial charge in [-0.15, -0.1) is 0 Å². The van der Waals surface area contributed by atoms with Gasteiger partial charge in [0.05, 0.1) is 5.56 Å². The van der Waals surface area contributed by atoms with Gasteiger partial charge in [-0.2, -0.15) is 0 Å². The number of rotatable bonds is 4. The van der Waals surface area contributed by atoms with E-state index in [2.05, 4.69) is 10.6 Å². The molecule has 0 unspecified atom stereocenters. The van der Waals surface area contributed by atoms with Crippen molar-refractivity contribution in [3.05, 3.63) is 29.8 Å². The minimum Gasteiger partial charge on any atom is -0.398 e. The van der Waals surface area contributed by atoms with Crippen LogP contribution >= 0.6 is 0 Å². The minimum absolute atomic E-state index is 0.274. The summed E-state index contributed by atoms with van der Waals surface area (Å²) < 4.78 is 0. The molecule has 0 bridgehead atoms. The van der Waals surface area contributed by atoms with Crippen molar-refractivity contribution in [2.75, 3.05) is 18.8 Å². The normalized spacial score (nSPS) is 9.50. The van der Waals surface area contributed by atoms with E-state index < -0.39 is 6.03 Å². The van der Waals surface area contributed by atoms with Crippen LogP contribution in [0.5, 0.6) is 0 Å². The Morgan fingerprint density at radius 1 is 1.12 bits per heavy atom. The van der Waals surface area contributed by atoms with E-state index in [0.29, 0.717) is 17.8 Å². The van der Waals surface area contributed by atoms with Crippen LogP contribution in [0.3, 0.4) is 0 Å². The van der Waals surface area contributed by atoms with Crippen molar-refractivity contribution in [1.82, 2.24) is 10.6 Å². The Balaban J connectivity index is 2.41. The number of para-hydroxylation sites is 1. The summed E-state index contributed by atoms with van der Waals surface area (Å²) in [5.41, 5.74) is 11.3. The standard InChI is InChI=1S/C10H14N4O2/c11-8-4-2-1-3-7(8)9(15)13-5-6-14-10(12)16/h1-4H,5-6,11H2,(H,13,15)(H3,12,14,16). The highest BCUT2D eigenvalue weighted by molar-refractivity contribution is 5.99. The van der Waals surface area contributed by atoms with Gasteiger partial charge in [0, 0.05) is 18.8 Å². The van der Waals surface area contributed by atoms with Crippen molar-refractivity contribution in [3.8, 4) is 0 Å². The maximum absolute atomic E-state index is 11.6. The number of hydrogen-bond acceptors (Lipinski definition) is 3. The van der Waals surface area contributed by atoms with E-state index >= 15 is 0 Å². The first-order valence-electron chi connectivity index (χ1n) is 4.77. The number of nitrogens with one attached hydrogen (secondary N) is 2. The molecule has 6 heteroatoms. The van der Waals surface area contributed by atoms with Crippen LogP contribution in [0, 0.1) is 0 Å². The van der Waals surface area contributed by atoms with Gasteiger partial charge in [0.1, 0.15) is 0 Å². The van der Waals surface area contributed by atoms with Crippen LogP contribution in [0.15, 0.2) is 24.3 Å². The summed E-state index contributed by atoms with van der Waals surface area (Å²) in [7, 11) is 0. The van der Waals surface area contributed by atoms with E-state index in [0.717, 1.165) is 0 Å². The highest BCUT2D eigenvalue weighted by Crippen LogP contribution is 2.09. The van der Waals surface area contributed by atoms with Crippen LogP contribution in [-0.4, -0.2) is 25.0 Å². The predicted octanol–water partition coefficient (Wildman–Crippen LogP) is -0.333. The van der Waals surface area contributed by atoms with Gasteiger partial charge < -0.3 is 22.1 Å². The molecule has 0 spiro atoms. The number of urea groups is 1. The number of hydrogen-bond donors (Lipinski definition) is 4. The molecule has 0 radical (unpaired) electrons. The molecule has 16 heavy (non-hydrogen) atoms. The van der Waals surface area contributed by atoms with Crippen molar-refractivity contribution in [1.29, 1.82) is 0 Å². The number of nitrogen functional groups attached to an aromatic ring is 1. The number of carbonyl (C=O) groups is 2. The van der Waals surface area contributed by atoms with Gasteiger partial charge in [-0.3, -0.25) is 4.79 Å². The van der Waals surface area contributed by atoms with Gasteiger partial charge in [-0.25, -0.2) is 4.79 Å². The lowest BCUT2D eigenvalue weighted by Crippen LogP contribution is -2.37. The first-order chi connectivity index (χ1) is 7.61. The third kappa shape index (κ3) is 3.49. The molecule has 6 nitrogen and oxygen atoms in total. The number of amides is 3. The van der Waals surface area contributed by atoms with E-state index in [1.54, 1.807) is 24.3 Å². The third-order valence-corrected chi connectivity index (χ3v) is 1.92. The number of anilines is 1. The molecule has 86 valence electrons. The number of carbonyl (C=O) groups excluding carboxylic acids is 2. The van der Waals surface area contributed by atoms with Crippen molar-refractivity contribution < 1.29 is 9.59 Å². The van der Waals surface area contributed by atoms with Gasteiger partial charge in [0.25, 0.3) is 5.91 Å². The van der Waals surface area contributed by atoms with Gasteiger partial charge in [-0.1, -0.05) is 12.1 Å². The fourth-order valence-corrected chi connectivity index (χ4v) is 1.16. The zero-order valence-corrected chi connectivity index (χ0v) is 8.69. The third-order valence-electron chi connectivity index (χ3n) is 1.92. The summed E-state index contributed by atoms with van der Waals surface area (Å²) in [4.78, 5) is 21.9. The zero-order valence-electron chi connectivity index (χ0n) is 8.69. The molecule has 1 aromatic rings. The second-order valence-electron chi connectivity index (χ2n) is 3.13. The molecule has 0 aliphatic carbocycles. The Bertz CT molecular complexity index is 392. The number of primary amides is 1. The van der Waals surface area contributed by atoms with Crippen LogP contribution in [-0.2, 0) is 0 Å². The van der Waals surface area contributed by atoms with Crippen LogP contribution < -0.4 is 22.1 Å². The van der Waals surface area contributed by atoms with E-state index in [-0.39, 0.29) is 12.5 Å². The predicted molar refractivity (Wildman–Crippen MR) is 60.8 cm³/mol. The van der Waals surface area contributed by atoms with Crippen molar-refractivity contribution in [2.24, 2.45) is 5.73 Å². The molecule has 6 N–H and O–H groups in total. The lowest BCUT2D eigenvalue weighted by atomic mass is 10.2. The fourth-order valence-electron chi connectivity index (χ4n) is 1.16. The monoisotopic (exact) mass is 222 g/mol. The van der Waals surface area contributed by atoms with E-state index in [4.69, 9.17) is 11.5 Å². The summed E-state index contributed by atoms with van der Waals surface area (Å²) in [6.45, 7) is 0.587. The summed E-state index contributed by atoms with van der Waals surface area (Å²) in [6, 6.07) is 6.14.